The lowest BCUT2D eigenvalue weighted by molar-refractivity contribution is 0.250. The Balaban J connectivity index is 3.03. The average molecular weight is 294 g/mol. The largest absolute Gasteiger partial charge is 0.476 e. The highest BCUT2D eigenvalue weighted by Gasteiger charge is 2.21. The molecule has 1 aromatic heterocycles. The van der Waals surface area contributed by atoms with Crippen LogP contribution in [-0.4, -0.2) is 48.7 Å². The molecule has 5 nitrogen and oxygen atoms in total. The van der Waals surface area contributed by atoms with E-state index in [4.69, 9.17) is 4.74 Å². The van der Waals surface area contributed by atoms with Crippen LogP contribution in [0.5, 0.6) is 5.88 Å². The van der Waals surface area contributed by atoms with Gasteiger partial charge in [0.1, 0.15) is 18.2 Å². The van der Waals surface area contributed by atoms with E-state index in [9.17, 15) is 0 Å². The van der Waals surface area contributed by atoms with Crippen molar-refractivity contribution in [2.45, 2.75) is 46.5 Å². The number of nitrogens with one attached hydrogen (secondary N) is 1. The maximum absolute atomic E-state index is 5.87. The van der Waals surface area contributed by atoms with Crippen LogP contribution in [0.1, 0.15) is 45.5 Å². The van der Waals surface area contributed by atoms with Crippen molar-refractivity contribution in [2.75, 3.05) is 39.1 Å². The average Bonchev–Trinajstić information content (AvgIpc) is 2.37. The number of likely N-dealkylation sites (N-methyl/N-ethyl adjacent to an activating group) is 1. The molecule has 0 amide bonds. The predicted octanol–water partition coefficient (Wildman–Crippen LogP) is 2.84. The monoisotopic (exact) mass is 294 g/mol. The Hall–Kier alpha value is -1.36. The van der Waals surface area contributed by atoms with Crippen molar-refractivity contribution in [3.63, 3.8) is 0 Å². The Morgan fingerprint density at radius 3 is 2.38 bits per heavy atom. The van der Waals surface area contributed by atoms with Gasteiger partial charge in [0.25, 0.3) is 0 Å². The van der Waals surface area contributed by atoms with Crippen molar-refractivity contribution in [1.82, 2.24) is 14.9 Å². The maximum Gasteiger partial charge on any atom is 0.221 e. The van der Waals surface area contributed by atoms with Gasteiger partial charge in [-0.2, -0.15) is 4.98 Å². The van der Waals surface area contributed by atoms with Gasteiger partial charge in [0, 0.05) is 18.5 Å². The van der Waals surface area contributed by atoms with Gasteiger partial charge in [-0.25, -0.2) is 4.98 Å². The normalized spacial score (nSPS) is 11.8. The summed E-state index contributed by atoms with van der Waals surface area (Å²) in [7, 11) is 4.07. The molecule has 0 spiro atoms. The van der Waals surface area contributed by atoms with Crippen LogP contribution in [0, 0.1) is 6.92 Å². The summed E-state index contributed by atoms with van der Waals surface area (Å²) in [4.78, 5) is 11.4. The Morgan fingerprint density at radius 2 is 1.86 bits per heavy atom. The van der Waals surface area contributed by atoms with Crippen LogP contribution in [0.2, 0.25) is 0 Å². The standard InChI is InChI=1S/C16H30N4O/c1-8-9-17-13-12(2)14(21-11-10-20(6)7)19-15(18-13)16(3,4)5/h8-11H2,1-7H3,(H,17,18,19). The number of hydrogen-bond acceptors (Lipinski definition) is 5. The molecular formula is C16H30N4O. The van der Waals surface area contributed by atoms with Gasteiger partial charge in [-0.15, -0.1) is 0 Å². The van der Waals surface area contributed by atoms with E-state index in [0.29, 0.717) is 12.5 Å². The van der Waals surface area contributed by atoms with E-state index in [1.54, 1.807) is 0 Å². The zero-order valence-electron chi connectivity index (χ0n) is 14.6. The van der Waals surface area contributed by atoms with Gasteiger partial charge in [-0.3, -0.25) is 0 Å². The molecule has 0 saturated carbocycles. The fraction of sp³-hybridized carbons (Fsp3) is 0.750. The predicted molar refractivity (Wildman–Crippen MR) is 88.3 cm³/mol. The van der Waals surface area contributed by atoms with E-state index in [1.807, 2.05) is 21.0 Å². The quantitative estimate of drug-likeness (QED) is 0.838. The van der Waals surface area contributed by atoms with Crippen LogP contribution in [0.3, 0.4) is 0 Å². The summed E-state index contributed by atoms with van der Waals surface area (Å²) in [6.45, 7) is 12.9. The van der Waals surface area contributed by atoms with E-state index in [2.05, 4.69) is 47.9 Å². The molecule has 5 heteroatoms. The minimum Gasteiger partial charge on any atom is -0.476 e. The summed E-state index contributed by atoms with van der Waals surface area (Å²) >= 11 is 0. The first-order valence-electron chi connectivity index (χ1n) is 7.66. The van der Waals surface area contributed by atoms with Gasteiger partial charge in [0.05, 0.1) is 5.56 Å². The van der Waals surface area contributed by atoms with Gasteiger partial charge in [0.15, 0.2) is 0 Å². The molecule has 1 N–H and O–H groups in total. The highest BCUT2D eigenvalue weighted by molar-refractivity contribution is 5.49. The number of rotatable bonds is 7. The lowest BCUT2D eigenvalue weighted by atomic mass is 9.95. The summed E-state index contributed by atoms with van der Waals surface area (Å²) < 4.78 is 5.87. The molecule has 0 radical (unpaired) electrons. The Kier molecular flexibility index (Phi) is 6.40. The van der Waals surface area contributed by atoms with Crippen LogP contribution in [0.4, 0.5) is 5.82 Å². The first kappa shape index (κ1) is 17.7. The first-order chi connectivity index (χ1) is 9.75. The third-order valence-corrected chi connectivity index (χ3v) is 3.09. The van der Waals surface area contributed by atoms with Crippen molar-refractivity contribution < 1.29 is 4.74 Å². The highest BCUT2D eigenvalue weighted by Crippen LogP contribution is 2.27. The molecule has 0 fully saturated rings. The van der Waals surface area contributed by atoms with Gasteiger partial charge >= 0.3 is 0 Å². The second-order valence-corrected chi connectivity index (χ2v) is 6.65. The fourth-order valence-corrected chi connectivity index (χ4v) is 1.71. The van der Waals surface area contributed by atoms with Gasteiger partial charge in [-0.05, 0) is 27.4 Å². The van der Waals surface area contributed by atoms with Crippen LogP contribution in [-0.2, 0) is 5.41 Å². The van der Waals surface area contributed by atoms with Crippen molar-refractivity contribution in [2.24, 2.45) is 0 Å². The molecule has 0 bridgehead atoms. The summed E-state index contributed by atoms with van der Waals surface area (Å²) in [6.07, 6.45) is 1.06. The van der Waals surface area contributed by atoms with Crippen molar-refractivity contribution in [3.8, 4) is 5.88 Å². The zero-order valence-corrected chi connectivity index (χ0v) is 14.6. The second-order valence-electron chi connectivity index (χ2n) is 6.65. The van der Waals surface area contributed by atoms with Crippen molar-refractivity contribution >= 4 is 5.82 Å². The Bertz CT molecular complexity index is 452. The third kappa shape index (κ3) is 5.50. The third-order valence-electron chi connectivity index (χ3n) is 3.09. The molecule has 0 aliphatic heterocycles. The highest BCUT2D eigenvalue weighted by atomic mass is 16.5. The zero-order chi connectivity index (χ0) is 16.0. The molecule has 21 heavy (non-hydrogen) atoms. The van der Waals surface area contributed by atoms with Gasteiger partial charge in [-0.1, -0.05) is 27.7 Å². The Labute approximate surface area is 129 Å². The van der Waals surface area contributed by atoms with E-state index in [0.717, 1.165) is 36.7 Å². The molecule has 0 aliphatic carbocycles. The molecule has 1 heterocycles. The molecule has 0 saturated heterocycles. The molecule has 1 aromatic rings. The van der Waals surface area contributed by atoms with Gasteiger partial charge in [0.2, 0.25) is 5.88 Å². The minimum atomic E-state index is -0.101. The van der Waals surface area contributed by atoms with Crippen LogP contribution < -0.4 is 10.1 Å². The van der Waals surface area contributed by atoms with Crippen LogP contribution in [0.25, 0.3) is 0 Å². The number of aromatic nitrogens is 2. The van der Waals surface area contributed by atoms with Crippen LogP contribution in [0.15, 0.2) is 0 Å². The maximum atomic E-state index is 5.87. The lowest BCUT2D eigenvalue weighted by Gasteiger charge is -2.21. The van der Waals surface area contributed by atoms with E-state index < -0.39 is 0 Å². The molecular weight excluding hydrogens is 264 g/mol. The van der Waals surface area contributed by atoms with Gasteiger partial charge < -0.3 is 15.0 Å². The van der Waals surface area contributed by atoms with E-state index in [-0.39, 0.29) is 5.41 Å². The molecule has 0 unspecified atom stereocenters. The lowest BCUT2D eigenvalue weighted by Crippen LogP contribution is -2.22. The second kappa shape index (κ2) is 7.59. The van der Waals surface area contributed by atoms with E-state index in [1.165, 1.54) is 0 Å². The fourth-order valence-electron chi connectivity index (χ4n) is 1.71. The topological polar surface area (TPSA) is 50.3 Å². The summed E-state index contributed by atoms with van der Waals surface area (Å²) in [6, 6.07) is 0. The molecule has 1 rings (SSSR count). The van der Waals surface area contributed by atoms with Crippen molar-refractivity contribution in [1.29, 1.82) is 0 Å². The SMILES string of the molecule is CCCNc1nc(C(C)(C)C)nc(OCCN(C)C)c1C. The van der Waals surface area contributed by atoms with E-state index >= 15 is 0 Å². The number of ether oxygens (including phenoxy) is 1. The molecule has 0 atom stereocenters. The summed E-state index contributed by atoms with van der Waals surface area (Å²) in [5, 5.41) is 3.37. The molecule has 0 aliphatic rings. The number of anilines is 1. The molecule has 0 aromatic carbocycles. The van der Waals surface area contributed by atoms with Crippen molar-refractivity contribution in [3.05, 3.63) is 11.4 Å². The summed E-state index contributed by atoms with van der Waals surface area (Å²) in [5.41, 5.74) is 0.880. The number of nitrogens with zero attached hydrogens (tertiary/aromatic N) is 3. The first-order valence-corrected chi connectivity index (χ1v) is 7.66. The minimum absolute atomic E-state index is 0.101. The van der Waals surface area contributed by atoms with Crippen LogP contribution >= 0.6 is 0 Å². The molecule has 120 valence electrons. The smallest absolute Gasteiger partial charge is 0.221 e. The number of hydrogen-bond donors (Lipinski definition) is 1. The summed E-state index contributed by atoms with van der Waals surface area (Å²) in [5.74, 6) is 2.39. The Morgan fingerprint density at radius 1 is 1.19 bits per heavy atom.